The number of piperidine rings is 1. The van der Waals surface area contributed by atoms with Gasteiger partial charge in [0.2, 0.25) is 0 Å². The summed E-state index contributed by atoms with van der Waals surface area (Å²) in [7, 11) is 0. The topological polar surface area (TPSA) is 111 Å². The van der Waals surface area contributed by atoms with Crippen molar-refractivity contribution in [2.24, 2.45) is 0 Å². The van der Waals surface area contributed by atoms with E-state index in [1.165, 1.54) is 17.5 Å². The zero-order valence-corrected chi connectivity index (χ0v) is 15.5. The van der Waals surface area contributed by atoms with Crippen molar-refractivity contribution in [2.75, 3.05) is 26.2 Å². The number of nitrogens with zero attached hydrogens (tertiary/aromatic N) is 3. The van der Waals surface area contributed by atoms with Gasteiger partial charge in [0.25, 0.3) is 11.5 Å². The number of aryl methyl sites for hydroxylation is 1. The van der Waals surface area contributed by atoms with Crippen LogP contribution < -0.4 is 10.9 Å². The quantitative estimate of drug-likeness (QED) is 0.686. The van der Waals surface area contributed by atoms with Gasteiger partial charge in [-0.1, -0.05) is 6.42 Å². The molecule has 1 amide bonds. The van der Waals surface area contributed by atoms with E-state index in [4.69, 9.17) is 0 Å². The first-order valence-corrected chi connectivity index (χ1v) is 9.61. The van der Waals surface area contributed by atoms with E-state index in [2.05, 4.69) is 25.2 Å². The molecule has 3 N–H and O–H groups in total. The van der Waals surface area contributed by atoms with Crippen LogP contribution >= 0.6 is 11.3 Å². The Kier molecular flexibility index (Phi) is 6.12. The van der Waals surface area contributed by atoms with Crippen LogP contribution in [0.5, 0.6) is 0 Å². The summed E-state index contributed by atoms with van der Waals surface area (Å²) < 4.78 is 0. The van der Waals surface area contributed by atoms with Gasteiger partial charge >= 0.3 is 0 Å². The van der Waals surface area contributed by atoms with Crippen molar-refractivity contribution in [1.82, 2.24) is 25.2 Å². The van der Waals surface area contributed by atoms with Crippen LogP contribution in [0.1, 0.15) is 34.6 Å². The molecular formula is C17H23N5O3S. The summed E-state index contributed by atoms with van der Waals surface area (Å²) in [4.78, 5) is 37.7. The SMILES string of the molecule is Cc1nc(-c2ncc(C(=O)NCCN3CCCC[C@H]3CO)c(=O)[nH]2)cs1. The van der Waals surface area contributed by atoms with E-state index >= 15 is 0 Å². The van der Waals surface area contributed by atoms with Crippen LogP contribution in [0.25, 0.3) is 11.5 Å². The number of carbonyl (C=O) groups excluding carboxylic acids is 1. The van der Waals surface area contributed by atoms with Crippen LogP contribution in [0.2, 0.25) is 0 Å². The third kappa shape index (κ3) is 4.35. The van der Waals surface area contributed by atoms with Gasteiger partial charge in [0.1, 0.15) is 11.3 Å². The van der Waals surface area contributed by atoms with Crippen molar-refractivity contribution in [3.8, 4) is 11.5 Å². The third-order valence-corrected chi connectivity index (χ3v) is 5.32. The molecule has 140 valence electrons. The van der Waals surface area contributed by atoms with Gasteiger partial charge in [0.05, 0.1) is 11.6 Å². The highest BCUT2D eigenvalue weighted by atomic mass is 32.1. The summed E-state index contributed by atoms with van der Waals surface area (Å²) in [5, 5.41) is 14.9. The van der Waals surface area contributed by atoms with Gasteiger partial charge in [-0.25, -0.2) is 9.97 Å². The van der Waals surface area contributed by atoms with Crippen molar-refractivity contribution in [2.45, 2.75) is 32.2 Å². The molecule has 1 saturated heterocycles. The summed E-state index contributed by atoms with van der Waals surface area (Å²) in [6.07, 6.45) is 4.49. The van der Waals surface area contributed by atoms with E-state index in [1.807, 2.05) is 12.3 Å². The number of amides is 1. The monoisotopic (exact) mass is 377 g/mol. The van der Waals surface area contributed by atoms with E-state index in [1.54, 1.807) is 0 Å². The highest BCUT2D eigenvalue weighted by Gasteiger charge is 2.21. The molecule has 1 fully saturated rings. The lowest BCUT2D eigenvalue weighted by molar-refractivity contribution is 0.0848. The number of aromatic nitrogens is 3. The zero-order chi connectivity index (χ0) is 18.5. The minimum atomic E-state index is -0.482. The maximum absolute atomic E-state index is 12.3. The van der Waals surface area contributed by atoms with Crippen molar-refractivity contribution in [3.05, 3.63) is 32.5 Å². The van der Waals surface area contributed by atoms with Gasteiger partial charge in [-0.2, -0.15) is 0 Å². The summed E-state index contributed by atoms with van der Waals surface area (Å²) in [6, 6.07) is 0.159. The molecule has 2 aromatic rings. The molecule has 1 atom stereocenters. The lowest BCUT2D eigenvalue weighted by atomic mass is 10.0. The molecule has 8 nitrogen and oxygen atoms in total. The molecular weight excluding hydrogens is 354 g/mol. The van der Waals surface area contributed by atoms with Crippen LogP contribution in [-0.4, -0.2) is 63.1 Å². The van der Waals surface area contributed by atoms with Crippen molar-refractivity contribution in [1.29, 1.82) is 0 Å². The number of H-pyrrole nitrogens is 1. The number of likely N-dealkylation sites (tertiary alicyclic amines) is 1. The molecule has 0 aromatic carbocycles. The minimum absolute atomic E-state index is 0.0157. The molecule has 1 aliphatic rings. The molecule has 1 aliphatic heterocycles. The van der Waals surface area contributed by atoms with E-state index in [9.17, 15) is 14.7 Å². The molecule has 0 unspecified atom stereocenters. The van der Waals surface area contributed by atoms with Gasteiger partial charge in [-0.05, 0) is 26.3 Å². The van der Waals surface area contributed by atoms with E-state index in [0.717, 1.165) is 30.8 Å². The van der Waals surface area contributed by atoms with Crippen LogP contribution in [0, 0.1) is 6.92 Å². The second-order valence-corrected chi connectivity index (χ2v) is 7.41. The fraction of sp³-hybridized carbons (Fsp3) is 0.529. The van der Waals surface area contributed by atoms with Crippen LogP contribution in [0.3, 0.4) is 0 Å². The molecule has 0 radical (unpaired) electrons. The van der Waals surface area contributed by atoms with Crippen molar-refractivity contribution >= 4 is 17.2 Å². The molecule has 0 saturated carbocycles. The number of aromatic amines is 1. The molecule has 0 bridgehead atoms. The number of hydrogen-bond donors (Lipinski definition) is 3. The average Bonchev–Trinajstić information content (AvgIpc) is 3.08. The zero-order valence-electron chi connectivity index (χ0n) is 14.7. The largest absolute Gasteiger partial charge is 0.395 e. The van der Waals surface area contributed by atoms with E-state index < -0.39 is 11.5 Å². The molecule has 0 aliphatic carbocycles. The third-order valence-electron chi connectivity index (χ3n) is 4.55. The molecule has 26 heavy (non-hydrogen) atoms. The first kappa shape index (κ1) is 18.7. The Bertz CT molecular complexity index is 819. The fourth-order valence-corrected chi connectivity index (χ4v) is 3.73. The number of rotatable bonds is 6. The predicted octanol–water partition coefficient (Wildman–Crippen LogP) is 0.778. The predicted molar refractivity (Wildman–Crippen MR) is 99.3 cm³/mol. The molecule has 3 heterocycles. The second kappa shape index (κ2) is 8.52. The Hall–Kier alpha value is -2.10. The Balaban J connectivity index is 1.58. The highest BCUT2D eigenvalue weighted by molar-refractivity contribution is 7.09. The van der Waals surface area contributed by atoms with Gasteiger partial charge in [0, 0.05) is 30.7 Å². The fourth-order valence-electron chi connectivity index (χ4n) is 3.13. The minimum Gasteiger partial charge on any atom is -0.395 e. The van der Waals surface area contributed by atoms with Crippen molar-refractivity contribution in [3.63, 3.8) is 0 Å². The van der Waals surface area contributed by atoms with E-state index in [0.29, 0.717) is 24.6 Å². The van der Waals surface area contributed by atoms with E-state index in [-0.39, 0.29) is 18.2 Å². The lowest BCUT2D eigenvalue weighted by Gasteiger charge is -2.34. The second-order valence-electron chi connectivity index (χ2n) is 6.35. The summed E-state index contributed by atoms with van der Waals surface area (Å²) >= 11 is 1.47. The Morgan fingerprint density at radius 2 is 2.35 bits per heavy atom. The number of carbonyl (C=O) groups is 1. The van der Waals surface area contributed by atoms with Gasteiger partial charge in [-0.3, -0.25) is 14.5 Å². The summed E-state index contributed by atoms with van der Waals surface area (Å²) in [6.45, 7) is 4.00. The Morgan fingerprint density at radius 1 is 1.50 bits per heavy atom. The van der Waals surface area contributed by atoms with Crippen LogP contribution in [0.15, 0.2) is 16.4 Å². The first-order chi connectivity index (χ1) is 12.6. The number of aliphatic hydroxyl groups is 1. The summed E-state index contributed by atoms with van der Waals surface area (Å²) in [5.41, 5.74) is 0.0964. The number of aliphatic hydroxyl groups excluding tert-OH is 1. The highest BCUT2D eigenvalue weighted by Crippen LogP contribution is 2.17. The molecule has 3 rings (SSSR count). The number of hydrogen-bond acceptors (Lipinski definition) is 7. The maximum atomic E-state index is 12.3. The molecule has 9 heteroatoms. The van der Waals surface area contributed by atoms with Gasteiger partial charge in [-0.15, -0.1) is 11.3 Å². The number of thiazole rings is 1. The van der Waals surface area contributed by atoms with Gasteiger partial charge in [0.15, 0.2) is 5.82 Å². The van der Waals surface area contributed by atoms with Crippen LogP contribution in [-0.2, 0) is 0 Å². The van der Waals surface area contributed by atoms with Gasteiger partial charge < -0.3 is 15.4 Å². The standard InChI is InChI=1S/C17H23N5O3S/c1-11-20-14(10-26-11)15-19-8-13(17(25)21-15)16(24)18-5-7-22-6-3-2-4-12(22)9-23/h8,10,12,23H,2-7,9H2,1H3,(H,18,24)(H,19,21,25)/t12-/m0/s1. The average molecular weight is 377 g/mol. The Labute approximate surface area is 155 Å². The Morgan fingerprint density at radius 3 is 3.04 bits per heavy atom. The van der Waals surface area contributed by atoms with Crippen LogP contribution in [0.4, 0.5) is 0 Å². The maximum Gasteiger partial charge on any atom is 0.264 e. The summed E-state index contributed by atoms with van der Waals surface area (Å²) in [5.74, 6) is -0.0904. The first-order valence-electron chi connectivity index (χ1n) is 8.73. The number of nitrogens with one attached hydrogen (secondary N) is 2. The normalized spacial score (nSPS) is 18.0. The smallest absolute Gasteiger partial charge is 0.264 e. The molecule has 2 aromatic heterocycles. The molecule has 0 spiro atoms. The lowest BCUT2D eigenvalue weighted by Crippen LogP contribution is -2.45. The van der Waals surface area contributed by atoms with Crippen molar-refractivity contribution < 1.29 is 9.90 Å².